The smallest absolute Gasteiger partial charge is 0.123 e. The van der Waals surface area contributed by atoms with Crippen LogP contribution in [-0.2, 0) is 6.42 Å². The maximum atomic E-state index is 13.0. The van der Waals surface area contributed by atoms with Crippen molar-refractivity contribution >= 4 is 0 Å². The minimum Gasteiger partial charge on any atom is -0.326 e. The van der Waals surface area contributed by atoms with Gasteiger partial charge in [0.05, 0.1) is 0 Å². The Hall–Kier alpha value is -0.930. The monoisotopic (exact) mass is 222 g/mol. The Morgan fingerprint density at radius 2 is 2.06 bits per heavy atom. The highest BCUT2D eigenvalue weighted by molar-refractivity contribution is 5.17. The topological polar surface area (TPSA) is 29.3 Å². The molecule has 1 fully saturated rings. The van der Waals surface area contributed by atoms with Crippen molar-refractivity contribution in [2.24, 2.45) is 5.73 Å². The number of rotatable bonds is 4. The Bertz CT molecular complexity index is 334. The van der Waals surface area contributed by atoms with E-state index < -0.39 is 0 Å². The highest BCUT2D eigenvalue weighted by atomic mass is 19.1. The van der Waals surface area contributed by atoms with E-state index in [4.69, 9.17) is 5.73 Å². The third kappa shape index (κ3) is 3.29. The van der Waals surface area contributed by atoms with E-state index in [1.807, 2.05) is 6.07 Å². The van der Waals surface area contributed by atoms with Gasteiger partial charge < -0.3 is 10.6 Å². The van der Waals surface area contributed by atoms with Gasteiger partial charge in [-0.15, -0.1) is 0 Å². The summed E-state index contributed by atoms with van der Waals surface area (Å²) in [5, 5.41) is 0. The van der Waals surface area contributed by atoms with Crippen molar-refractivity contribution in [1.29, 1.82) is 0 Å². The lowest BCUT2D eigenvalue weighted by Gasteiger charge is -2.20. The molecule has 0 aliphatic carbocycles. The van der Waals surface area contributed by atoms with E-state index in [1.54, 1.807) is 12.1 Å². The molecule has 2 nitrogen and oxygen atoms in total. The van der Waals surface area contributed by atoms with Gasteiger partial charge in [0.15, 0.2) is 0 Å². The van der Waals surface area contributed by atoms with Gasteiger partial charge in [-0.2, -0.15) is 0 Å². The lowest BCUT2D eigenvalue weighted by atomic mass is 10.1. The number of halogens is 1. The van der Waals surface area contributed by atoms with Gasteiger partial charge in [-0.05, 0) is 50.0 Å². The summed E-state index contributed by atoms with van der Waals surface area (Å²) in [5.41, 5.74) is 7.06. The van der Waals surface area contributed by atoms with Crippen LogP contribution in [0, 0.1) is 5.82 Å². The van der Waals surface area contributed by atoms with E-state index in [0.717, 1.165) is 31.6 Å². The molecule has 0 saturated carbocycles. The fourth-order valence-electron chi connectivity index (χ4n) is 2.33. The van der Waals surface area contributed by atoms with Crippen LogP contribution in [0.2, 0.25) is 0 Å². The van der Waals surface area contributed by atoms with Crippen LogP contribution in [0.4, 0.5) is 4.39 Å². The van der Waals surface area contributed by atoms with Crippen molar-refractivity contribution < 1.29 is 4.39 Å². The van der Waals surface area contributed by atoms with Gasteiger partial charge in [-0.25, -0.2) is 4.39 Å². The molecule has 1 aromatic carbocycles. The summed E-state index contributed by atoms with van der Waals surface area (Å²) in [4.78, 5) is 2.39. The van der Waals surface area contributed by atoms with Crippen LogP contribution in [0.15, 0.2) is 24.3 Å². The van der Waals surface area contributed by atoms with Crippen molar-refractivity contribution in [2.75, 3.05) is 19.6 Å². The number of nitrogens with zero attached hydrogens (tertiary/aromatic N) is 1. The molecule has 1 saturated heterocycles. The van der Waals surface area contributed by atoms with Gasteiger partial charge in [0, 0.05) is 12.6 Å². The molecule has 2 rings (SSSR count). The van der Waals surface area contributed by atoms with Crippen LogP contribution < -0.4 is 5.73 Å². The van der Waals surface area contributed by atoms with Crippen LogP contribution >= 0.6 is 0 Å². The number of hydrogen-bond acceptors (Lipinski definition) is 2. The van der Waals surface area contributed by atoms with Crippen molar-refractivity contribution in [1.82, 2.24) is 4.90 Å². The Morgan fingerprint density at radius 3 is 2.75 bits per heavy atom. The molecule has 0 aromatic heterocycles. The van der Waals surface area contributed by atoms with Crippen molar-refractivity contribution in [3.05, 3.63) is 35.6 Å². The Labute approximate surface area is 96.2 Å². The normalized spacial score (nSPS) is 18.9. The number of likely N-dealkylation sites (tertiary alicyclic amines) is 1. The van der Waals surface area contributed by atoms with E-state index in [-0.39, 0.29) is 11.9 Å². The molecule has 1 aromatic rings. The maximum absolute atomic E-state index is 13.0. The third-order valence-corrected chi connectivity index (χ3v) is 3.08. The summed E-state index contributed by atoms with van der Waals surface area (Å²) in [6, 6.07) is 6.83. The standard InChI is InChI=1S/C13H19FN2/c14-12-5-3-4-11(8-12)9-13(15)10-16-6-1-2-7-16/h3-5,8,13H,1-2,6-7,9-10,15H2. The Balaban J connectivity index is 1.84. The fraction of sp³-hybridized carbons (Fsp3) is 0.538. The van der Waals surface area contributed by atoms with E-state index in [2.05, 4.69) is 4.90 Å². The van der Waals surface area contributed by atoms with E-state index >= 15 is 0 Å². The summed E-state index contributed by atoms with van der Waals surface area (Å²) in [6.07, 6.45) is 3.33. The molecule has 0 bridgehead atoms. The molecule has 3 heteroatoms. The first-order valence-electron chi connectivity index (χ1n) is 5.96. The zero-order chi connectivity index (χ0) is 11.4. The SMILES string of the molecule is NC(Cc1cccc(F)c1)CN1CCCC1. The first kappa shape index (κ1) is 11.6. The molecule has 1 atom stereocenters. The second-order valence-corrected chi connectivity index (χ2v) is 4.60. The maximum Gasteiger partial charge on any atom is 0.123 e. The molecular weight excluding hydrogens is 203 g/mol. The van der Waals surface area contributed by atoms with Crippen LogP contribution in [0.3, 0.4) is 0 Å². The summed E-state index contributed by atoms with van der Waals surface area (Å²) < 4.78 is 13.0. The van der Waals surface area contributed by atoms with Crippen LogP contribution in [0.1, 0.15) is 18.4 Å². The molecule has 0 amide bonds. The lowest BCUT2D eigenvalue weighted by Crippen LogP contribution is -2.37. The average molecular weight is 222 g/mol. The molecule has 1 aliphatic rings. The third-order valence-electron chi connectivity index (χ3n) is 3.08. The molecule has 2 N–H and O–H groups in total. The van der Waals surface area contributed by atoms with Crippen LogP contribution in [0.5, 0.6) is 0 Å². The minimum absolute atomic E-state index is 0.111. The molecule has 1 heterocycles. The molecule has 16 heavy (non-hydrogen) atoms. The number of hydrogen-bond donors (Lipinski definition) is 1. The van der Waals surface area contributed by atoms with Gasteiger partial charge in [-0.3, -0.25) is 0 Å². The predicted molar refractivity (Wildman–Crippen MR) is 63.8 cm³/mol. The van der Waals surface area contributed by atoms with Crippen LogP contribution in [-0.4, -0.2) is 30.6 Å². The molecule has 0 radical (unpaired) electrons. The first-order valence-corrected chi connectivity index (χ1v) is 5.96. The minimum atomic E-state index is -0.175. The zero-order valence-electron chi connectivity index (χ0n) is 9.53. The lowest BCUT2D eigenvalue weighted by molar-refractivity contribution is 0.313. The molecule has 1 aliphatic heterocycles. The second kappa shape index (κ2) is 5.41. The molecular formula is C13H19FN2. The first-order chi connectivity index (χ1) is 7.74. The van der Waals surface area contributed by atoms with Crippen LogP contribution in [0.25, 0.3) is 0 Å². The Kier molecular flexibility index (Phi) is 3.91. The summed E-state index contributed by atoms with van der Waals surface area (Å²) >= 11 is 0. The van der Waals surface area contributed by atoms with Crippen molar-refractivity contribution in [2.45, 2.75) is 25.3 Å². The fourth-order valence-corrected chi connectivity index (χ4v) is 2.33. The average Bonchev–Trinajstić information content (AvgIpc) is 2.70. The number of nitrogens with two attached hydrogens (primary N) is 1. The predicted octanol–water partition coefficient (Wildman–Crippen LogP) is 1.79. The van der Waals surface area contributed by atoms with E-state index in [1.165, 1.54) is 18.9 Å². The van der Waals surface area contributed by atoms with Gasteiger partial charge in [-0.1, -0.05) is 12.1 Å². The summed E-state index contributed by atoms with van der Waals surface area (Å²) in [7, 11) is 0. The van der Waals surface area contributed by atoms with Crippen molar-refractivity contribution in [3.8, 4) is 0 Å². The highest BCUT2D eigenvalue weighted by Gasteiger charge is 2.15. The van der Waals surface area contributed by atoms with Gasteiger partial charge in [0.1, 0.15) is 5.82 Å². The Morgan fingerprint density at radius 1 is 1.31 bits per heavy atom. The largest absolute Gasteiger partial charge is 0.326 e. The van der Waals surface area contributed by atoms with E-state index in [0.29, 0.717) is 0 Å². The molecule has 0 spiro atoms. The van der Waals surface area contributed by atoms with E-state index in [9.17, 15) is 4.39 Å². The second-order valence-electron chi connectivity index (χ2n) is 4.60. The van der Waals surface area contributed by atoms with Gasteiger partial charge in [0.2, 0.25) is 0 Å². The molecule has 88 valence electrons. The number of benzene rings is 1. The summed E-state index contributed by atoms with van der Waals surface area (Å²) in [5.74, 6) is -0.175. The zero-order valence-corrected chi connectivity index (χ0v) is 9.53. The van der Waals surface area contributed by atoms with Crippen molar-refractivity contribution in [3.63, 3.8) is 0 Å². The summed E-state index contributed by atoms with van der Waals surface area (Å²) in [6.45, 7) is 3.25. The molecule has 1 unspecified atom stereocenters. The highest BCUT2D eigenvalue weighted by Crippen LogP contribution is 2.10. The van der Waals surface area contributed by atoms with Gasteiger partial charge >= 0.3 is 0 Å². The quantitative estimate of drug-likeness (QED) is 0.841. The van der Waals surface area contributed by atoms with Gasteiger partial charge in [0.25, 0.3) is 0 Å².